The Labute approximate surface area is 207 Å². The summed E-state index contributed by atoms with van der Waals surface area (Å²) < 4.78 is 9.74. The second-order valence-electron chi connectivity index (χ2n) is 9.20. The molecule has 6 rings (SSSR count). The lowest BCUT2D eigenvalue weighted by atomic mass is 10.1. The fraction of sp³-hybridized carbons (Fsp3) is 0.286. The Morgan fingerprint density at radius 3 is 2.75 bits per heavy atom. The van der Waals surface area contributed by atoms with E-state index in [1.54, 1.807) is 24.5 Å². The largest absolute Gasteiger partial charge is 0.488 e. The quantitative estimate of drug-likeness (QED) is 0.374. The smallest absolute Gasteiger partial charge is 0.270 e. The van der Waals surface area contributed by atoms with Crippen molar-refractivity contribution < 1.29 is 9.53 Å². The van der Waals surface area contributed by atoms with E-state index in [4.69, 9.17) is 9.72 Å². The van der Waals surface area contributed by atoms with Crippen LogP contribution in [0.15, 0.2) is 71.8 Å². The maximum atomic E-state index is 13.6. The fourth-order valence-electron chi connectivity index (χ4n) is 5.07. The molecule has 4 aromatic heterocycles. The Kier molecular flexibility index (Phi) is 5.64. The summed E-state index contributed by atoms with van der Waals surface area (Å²) in [5.74, 6) is 0.708. The molecule has 1 aromatic carbocycles. The Balaban J connectivity index is 1.25. The van der Waals surface area contributed by atoms with Crippen molar-refractivity contribution in [3.05, 3.63) is 83.0 Å². The first-order valence-electron chi connectivity index (χ1n) is 12.4. The van der Waals surface area contributed by atoms with Gasteiger partial charge in [0.2, 0.25) is 0 Å². The predicted molar refractivity (Wildman–Crippen MR) is 139 cm³/mol. The number of benzene rings is 1. The van der Waals surface area contributed by atoms with Crippen LogP contribution in [-0.2, 0) is 6.54 Å². The summed E-state index contributed by atoms with van der Waals surface area (Å²) in [6, 6.07) is 17.1. The van der Waals surface area contributed by atoms with Gasteiger partial charge in [-0.05, 0) is 36.8 Å². The Bertz CT molecular complexity index is 1640. The zero-order chi connectivity index (χ0) is 24.6. The number of likely N-dealkylation sites (tertiary alicyclic amines) is 1. The molecule has 5 aromatic rings. The van der Waals surface area contributed by atoms with Crippen LogP contribution in [0.25, 0.3) is 27.6 Å². The fourth-order valence-corrected chi connectivity index (χ4v) is 5.07. The van der Waals surface area contributed by atoms with Crippen LogP contribution in [0.4, 0.5) is 0 Å². The minimum absolute atomic E-state index is 0.0137. The molecule has 0 N–H and O–H groups in total. The van der Waals surface area contributed by atoms with Gasteiger partial charge in [-0.15, -0.1) is 0 Å². The molecule has 0 bridgehead atoms. The zero-order valence-corrected chi connectivity index (χ0v) is 20.1. The van der Waals surface area contributed by atoms with E-state index in [1.807, 2.05) is 51.9 Å². The summed E-state index contributed by atoms with van der Waals surface area (Å²) in [4.78, 5) is 37.8. The summed E-state index contributed by atoms with van der Waals surface area (Å²) in [5, 5.41) is 1.51. The summed E-state index contributed by atoms with van der Waals surface area (Å²) in [6.45, 7) is 3.85. The second-order valence-corrected chi connectivity index (χ2v) is 9.20. The van der Waals surface area contributed by atoms with Crippen molar-refractivity contribution in [2.75, 3.05) is 13.1 Å². The minimum Gasteiger partial charge on any atom is -0.488 e. The maximum absolute atomic E-state index is 13.6. The van der Waals surface area contributed by atoms with Crippen molar-refractivity contribution >= 4 is 33.5 Å². The molecule has 0 radical (unpaired) electrons. The lowest BCUT2D eigenvalue weighted by Gasteiger charge is -2.32. The van der Waals surface area contributed by atoms with Gasteiger partial charge in [-0.2, -0.15) is 0 Å². The lowest BCUT2D eigenvalue weighted by molar-refractivity contribution is 0.0588. The third-order valence-corrected chi connectivity index (χ3v) is 6.86. The maximum Gasteiger partial charge on any atom is 0.270 e. The summed E-state index contributed by atoms with van der Waals surface area (Å²) in [7, 11) is 0. The van der Waals surface area contributed by atoms with E-state index in [-0.39, 0.29) is 17.6 Å². The van der Waals surface area contributed by atoms with Gasteiger partial charge in [0.15, 0.2) is 0 Å². The number of carbonyl (C=O) groups excluding carboxylic acids is 1. The van der Waals surface area contributed by atoms with Crippen molar-refractivity contribution in [1.82, 2.24) is 23.8 Å². The molecule has 8 nitrogen and oxygen atoms in total. The molecule has 1 fully saturated rings. The van der Waals surface area contributed by atoms with E-state index in [9.17, 15) is 9.59 Å². The molecule has 1 amide bonds. The molecule has 0 unspecified atom stereocenters. The van der Waals surface area contributed by atoms with Crippen LogP contribution in [0.1, 0.15) is 36.7 Å². The minimum atomic E-state index is -0.157. The highest BCUT2D eigenvalue weighted by Crippen LogP contribution is 2.27. The van der Waals surface area contributed by atoms with Gasteiger partial charge >= 0.3 is 0 Å². The highest BCUT2D eigenvalue weighted by atomic mass is 16.5. The Morgan fingerprint density at radius 1 is 1.08 bits per heavy atom. The Hall–Kier alpha value is -4.20. The molecule has 0 atom stereocenters. The number of ether oxygens (including phenoxy) is 1. The van der Waals surface area contributed by atoms with Crippen LogP contribution in [0.5, 0.6) is 5.75 Å². The van der Waals surface area contributed by atoms with Crippen LogP contribution in [0.2, 0.25) is 0 Å². The zero-order valence-electron chi connectivity index (χ0n) is 20.1. The first kappa shape index (κ1) is 22.3. The van der Waals surface area contributed by atoms with Gasteiger partial charge in [-0.1, -0.05) is 31.2 Å². The number of rotatable bonds is 5. The first-order valence-corrected chi connectivity index (χ1v) is 12.4. The monoisotopic (exact) mass is 481 g/mol. The number of carbonyl (C=O) groups is 1. The molecule has 0 saturated carbocycles. The number of nitrogens with zero attached hydrogens (tertiary/aromatic N) is 5. The van der Waals surface area contributed by atoms with E-state index in [1.165, 1.54) is 4.40 Å². The number of para-hydroxylation sites is 1. The molecular formula is C28H27N5O3. The van der Waals surface area contributed by atoms with Crippen molar-refractivity contribution in [1.29, 1.82) is 0 Å². The second kappa shape index (κ2) is 9.11. The average Bonchev–Trinajstić information content (AvgIpc) is 3.28. The number of pyridine rings is 2. The highest BCUT2D eigenvalue weighted by Gasteiger charge is 2.28. The van der Waals surface area contributed by atoms with E-state index in [0.717, 1.165) is 35.9 Å². The molecule has 5 heterocycles. The van der Waals surface area contributed by atoms with Crippen molar-refractivity contribution in [3.63, 3.8) is 0 Å². The average molecular weight is 482 g/mol. The third-order valence-electron chi connectivity index (χ3n) is 6.86. The molecular weight excluding hydrogens is 454 g/mol. The molecule has 0 spiro atoms. The highest BCUT2D eigenvalue weighted by molar-refractivity contribution is 5.98. The molecule has 0 aliphatic carbocycles. The van der Waals surface area contributed by atoms with Gasteiger partial charge in [0.05, 0.1) is 5.39 Å². The van der Waals surface area contributed by atoms with E-state index < -0.39 is 0 Å². The van der Waals surface area contributed by atoms with Gasteiger partial charge < -0.3 is 14.2 Å². The number of amides is 1. The molecule has 8 heteroatoms. The molecule has 182 valence electrons. The van der Waals surface area contributed by atoms with Gasteiger partial charge in [-0.25, -0.2) is 4.98 Å². The molecule has 1 saturated heterocycles. The van der Waals surface area contributed by atoms with Gasteiger partial charge in [-0.3, -0.25) is 19.0 Å². The van der Waals surface area contributed by atoms with E-state index in [2.05, 4.69) is 11.9 Å². The van der Waals surface area contributed by atoms with Gasteiger partial charge in [0, 0.05) is 50.3 Å². The topological polar surface area (TPSA) is 81.7 Å². The molecule has 1 aliphatic rings. The number of fused-ring (bicyclic) bond motifs is 3. The van der Waals surface area contributed by atoms with Crippen LogP contribution in [-0.4, -0.2) is 48.9 Å². The molecule has 1 aliphatic heterocycles. The third kappa shape index (κ3) is 3.79. The van der Waals surface area contributed by atoms with E-state index in [0.29, 0.717) is 42.0 Å². The standard InChI is InChI=1S/C28H27N5O3/c1-2-14-32-22(18-21-26(32)30-24-10-3-4-15-33(24)27(21)34)28(35)31-16-11-20(12-17-31)36-23-9-5-7-19-8-6-13-29-25(19)23/h3-10,13,15,18,20H,2,11-12,14,16-17H2,1H3. The summed E-state index contributed by atoms with van der Waals surface area (Å²) in [6.07, 6.45) is 5.78. The lowest BCUT2D eigenvalue weighted by Crippen LogP contribution is -2.42. The van der Waals surface area contributed by atoms with E-state index >= 15 is 0 Å². The molecule has 36 heavy (non-hydrogen) atoms. The number of aryl methyl sites for hydroxylation is 1. The van der Waals surface area contributed by atoms with Crippen LogP contribution >= 0.6 is 0 Å². The van der Waals surface area contributed by atoms with Gasteiger partial charge in [0.25, 0.3) is 11.5 Å². The van der Waals surface area contributed by atoms with Crippen LogP contribution < -0.4 is 10.3 Å². The number of aromatic nitrogens is 4. The van der Waals surface area contributed by atoms with Crippen LogP contribution in [0.3, 0.4) is 0 Å². The van der Waals surface area contributed by atoms with Gasteiger partial charge in [0.1, 0.15) is 34.4 Å². The summed E-state index contributed by atoms with van der Waals surface area (Å²) in [5.41, 5.74) is 2.36. The first-order chi connectivity index (χ1) is 17.6. The van der Waals surface area contributed by atoms with Crippen molar-refractivity contribution in [2.24, 2.45) is 0 Å². The van der Waals surface area contributed by atoms with Crippen molar-refractivity contribution in [2.45, 2.75) is 38.8 Å². The van der Waals surface area contributed by atoms with Crippen molar-refractivity contribution in [3.8, 4) is 5.75 Å². The summed E-state index contributed by atoms with van der Waals surface area (Å²) >= 11 is 0. The SMILES string of the molecule is CCCn1c(C(=O)N2CCC(Oc3cccc4cccnc34)CC2)cc2c(=O)n3ccccc3nc21. The Morgan fingerprint density at radius 2 is 1.92 bits per heavy atom. The van der Waals surface area contributed by atoms with Crippen LogP contribution in [0, 0.1) is 0 Å². The number of hydrogen-bond acceptors (Lipinski definition) is 5. The predicted octanol–water partition coefficient (Wildman–Crippen LogP) is 4.29. The normalized spacial score (nSPS) is 14.6. The number of piperidine rings is 1. The number of hydrogen-bond donors (Lipinski definition) is 0.